The summed E-state index contributed by atoms with van der Waals surface area (Å²) in [6.45, 7) is 3.76. The van der Waals surface area contributed by atoms with Crippen LogP contribution in [0.15, 0.2) is 5.16 Å². The van der Waals surface area contributed by atoms with E-state index in [1.165, 1.54) is 0 Å². The molecular weight excluding hydrogens is 162 g/mol. The lowest BCUT2D eigenvalue weighted by Gasteiger charge is -1.94. The molecule has 0 aliphatic carbocycles. The molecule has 0 saturated carbocycles. The maximum absolute atomic E-state index is 8.55. The summed E-state index contributed by atoms with van der Waals surface area (Å²) in [7, 11) is 0. The van der Waals surface area contributed by atoms with Crippen LogP contribution in [-0.4, -0.2) is 19.7 Å². The first-order valence-corrected chi connectivity index (χ1v) is 4.03. The smallest absolute Gasteiger partial charge is 0.125 e. The zero-order chi connectivity index (χ0) is 8.27. The van der Waals surface area contributed by atoms with Crippen LogP contribution in [-0.2, 0) is 0 Å². The number of hydrogen-bond donors (Lipinski definition) is 1. The normalized spacial score (nSPS) is 12.0. The number of rotatable bonds is 2. The highest BCUT2D eigenvalue weighted by Gasteiger charge is 2.08. The summed E-state index contributed by atoms with van der Waals surface area (Å²) in [5, 5.41) is 11.7. The van der Waals surface area contributed by atoms with Crippen molar-refractivity contribution in [3.8, 4) is 0 Å². The van der Waals surface area contributed by atoms with Gasteiger partial charge in [-0.25, -0.2) is 0 Å². The molecule has 0 fully saturated rings. The van der Waals surface area contributed by atoms with Gasteiger partial charge in [0.1, 0.15) is 11.4 Å². The minimum Gasteiger partial charge on any atom is -0.411 e. The third kappa shape index (κ3) is 1.54. The van der Waals surface area contributed by atoms with Crippen molar-refractivity contribution in [2.75, 3.05) is 0 Å². The molecule has 4 nitrogen and oxygen atoms in total. The lowest BCUT2D eigenvalue weighted by molar-refractivity contribution is 0.318. The molecule has 0 atom stereocenters. The van der Waals surface area contributed by atoms with Crippen molar-refractivity contribution >= 4 is 17.4 Å². The lowest BCUT2D eigenvalue weighted by atomic mass is 10.2. The highest BCUT2D eigenvalue weighted by molar-refractivity contribution is 6.99. The van der Waals surface area contributed by atoms with Gasteiger partial charge in [-0.15, -0.1) is 0 Å². The minimum absolute atomic E-state index is 0.594. The first kappa shape index (κ1) is 8.13. The van der Waals surface area contributed by atoms with Gasteiger partial charge >= 0.3 is 0 Å². The van der Waals surface area contributed by atoms with E-state index < -0.39 is 0 Å². The summed E-state index contributed by atoms with van der Waals surface area (Å²) < 4.78 is 7.97. The molecule has 0 bridgehead atoms. The van der Waals surface area contributed by atoms with Crippen LogP contribution in [0.2, 0.25) is 0 Å². The molecule has 0 aliphatic heterocycles. The summed E-state index contributed by atoms with van der Waals surface area (Å²) in [6.07, 6.45) is 0.669. The molecule has 0 aromatic carbocycles. The SMILES string of the molecule is CC/C(=N/O)c1nsnc1C. The average molecular weight is 171 g/mol. The number of oxime groups is 1. The number of aryl methyl sites for hydroxylation is 1. The molecule has 0 radical (unpaired) electrons. The zero-order valence-electron chi connectivity index (χ0n) is 6.40. The molecule has 0 spiro atoms. The second kappa shape index (κ2) is 3.43. The molecule has 60 valence electrons. The topological polar surface area (TPSA) is 58.4 Å². The monoisotopic (exact) mass is 171 g/mol. The Kier molecular flexibility index (Phi) is 2.53. The van der Waals surface area contributed by atoms with Gasteiger partial charge < -0.3 is 5.21 Å². The van der Waals surface area contributed by atoms with Crippen LogP contribution < -0.4 is 0 Å². The van der Waals surface area contributed by atoms with E-state index in [4.69, 9.17) is 5.21 Å². The Morgan fingerprint density at radius 1 is 1.64 bits per heavy atom. The third-order valence-corrected chi connectivity index (χ3v) is 2.00. The fourth-order valence-corrected chi connectivity index (χ4v) is 1.35. The molecule has 11 heavy (non-hydrogen) atoms. The molecule has 1 rings (SSSR count). The van der Waals surface area contributed by atoms with Crippen molar-refractivity contribution in [3.05, 3.63) is 11.4 Å². The van der Waals surface area contributed by atoms with Crippen molar-refractivity contribution < 1.29 is 5.21 Å². The highest BCUT2D eigenvalue weighted by atomic mass is 32.1. The van der Waals surface area contributed by atoms with E-state index in [0.717, 1.165) is 17.4 Å². The van der Waals surface area contributed by atoms with Gasteiger partial charge in [-0.1, -0.05) is 12.1 Å². The van der Waals surface area contributed by atoms with Crippen molar-refractivity contribution in [1.82, 2.24) is 8.75 Å². The van der Waals surface area contributed by atoms with E-state index >= 15 is 0 Å². The Balaban J connectivity index is 3.00. The molecule has 1 aromatic rings. The Bertz CT molecular complexity index is 269. The third-order valence-electron chi connectivity index (χ3n) is 1.38. The van der Waals surface area contributed by atoms with Crippen molar-refractivity contribution in [2.45, 2.75) is 20.3 Å². The molecule has 1 aromatic heterocycles. The van der Waals surface area contributed by atoms with Gasteiger partial charge in [-0.05, 0) is 13.3 Å². The fourth-order valence-electron chi connectivity index (χ4n) is 0.779. The second-order valence-corrected chi connectivity index (χ2v) is 2.63. The van der Waals surface area contributed by atoms with E-state index in [-0.39, 0.29) is 0 Å². The van der Waals surface area contributed by atoms with Crippen LogP contribution in [0, 0.1) is 6.92 Å². The van der Waals surface area contributed by atoms with Gasteiger partial charge in [0.25, 0.3) is 0 Å². The Labute approximate surface area is 68.9 Å². The average Bonchev–Trinajstić information content (AvgIpc) is 2.40. The van der Waals surface area contributed by atoms with Crippen LogP contribution in [0.5, 0.6) is 0 Å². The first-order valence-electron chi connectivity index (χ1n) is 3.30. The van der Waals surface area contributed by atoms with E-state index in [2.05, 4.69) is 13.9 Å². The maximum Gasteiger partial charge on any atom is 0.125 e. The van der Waals surface area contributed by atoms with E-state index in [1.54, 1.807) is 0 Å². The largest absolute Gasteiger partial charge is 0.411 e. The van der Waals surface area contributed by atoms with E-state index in [1.807, 2.05) is 13.8 Å². The molecule has 1 heterocycles. The lowest BCUT2D eigenvalue weighted by Crippen LogP contribution is -2.01. The Hall–Kier alpha value is -0.970. The quantitative estimate of drug-likeness (QED) is 0.416. The van der Waals surface area contributed by atoms with E-state index in [9.17, 15) is 0 Å². The van der Waals surface area contributed by atoms with Gasteiger partial charge in [0.2, 0.25) is 0 Å². The van der Waals surface area contributed by atoms with Crippen LogP contribution in [0.3, 0.4) is 0 Å². The van der Waals surface area contributed by atoms with Gasteiger partial charge in [0.15, 0.2) is 0 Å². The molecule has 5 heteroatoms. The van der Waals surface area contributed by atoms with E-state index in [0.29, 0.717) is 17.8 Å². The molecular formula is C6H9N3OS. The van der Waals surface area contributed by atoms with Crippen molar-refractivity contribution in [2.24, 2.45) is 5.16 Å². The Morgan fingerprint density at radius 2 is 2.36 bits per heavy atom. The van der Waals surface area contributed by atoms with Crippen LogP contribution in [0.1, 0.15) is 24.7 Å². The molecule has 0 unspecified atom stereocenters. The maximum atomic E-state index is 8.55. The second-order valence-electron chi connectivity index (χ2n) is 2.10. The fraction of sp³-hybridized carbons (Fsp3) is 0.500. The summed E-state index contributed by atoms with van der Waals surface area (Å²) in [6, 6.07) is 0. The van der Waals surface area contributed by atoms with Crippen LogP contribution >= 0.6 is 11.7 Å². The summed E-state index contributed by atoms with van der Waals surface area (Å²) in [5.41, 5.74) is 2.13. The predicted molar refractivity (Wildman–Crippen MR) is 43.3 cm³/mol. The summed E-state index contributed by atoms with van der Waals surface area (Å²) >= 11 is 1.13. The number of nitrogens with zero attached hydrogens (tertiary/aromatic N) is 3. The molecule has 1 N–H and O–H groups in total. The minimum atomic E-state index is 0.594. The van der Waals surface area contributed by atoms with Crippen LogP contribution in [0.25, 0.3) is 0 Å². The van der Waals surface area contributed by atoms with Gasteiger partial charge in [-0.3, -0.25) is 0 Å². The number of aromatic nitrogens is 2. The Morgan fingerprint density at radius 3 is 2.73 bits per heavy atom. The van der Waals surface area contributed by atoms with Crippen LogP contribution in [0.4, 0.5) is 0 Å². The molecule has 0 aliphatic rings. The molecule has 0 amide bonds. The zero-order valence-corrected chi connectivity index (χ0v) is 7.22. The number of hydrogen-bond acceptors (Lipinski definition) is 5. The highest BCUT2D eigenvalue weighted by Crippen LogP contribution is 2.07. The standard InChI is InChI=1S/C6H9N3OS/c1-3-5(7-10)6-4(2)8-11-9-6/h10H,3H2,1-2H3/b7-5-. The first-order chi connectivity index (χ1) is 5.29. The van der Waals surface area contributed by atoms with Crippen molar-refractivity contribution in [1.29, 1.82) is 0 Å². The van der Waals surface area contributed by atoms with Gasteiger partial charge in [0, 0.05) is 0 Å². The summed E-state index contributed by atoms with van der Waals surface area (Å²) in [5.74, 6) is 0. The predicted octanol–water partition coefficient (Wildman–Crippen LogP) is 1.43. The molecule has 0 saturated heterocycles. The van der Waals surface area contributed by atoms with Gasteiger partial charge in [-0.2, -0.15) is 8.75 Å². The summed E-state index contributed by atoms with van der Waals surface area (Å²) in [4.78, 5) is 0. The van der Waals surface area contributed by atoms with Gasteiger partial charge in [0.05, 0.1) is 17.4 Å². The van der Waals surface area contributed by atoms with Crippen molar-refractivity contribution in [3.63, 3.8) is 0 Å².